The Hall–Kier alpha value is -1.17. The molecule has 5 atom stereocenters. The van der Waals surface area contributed by atoms with Gasteiger partial charge in [-0.05, 0) is 56.3 Å². The summed E-state index contributed by atoms with van der Waals surface area (Å²) in [5.41, 5.74) is 1.51. The SMILES string of the molecule is O=C(CCCCC1=C[C@H]2C[C@@H](O)[C@H](C=C[C@@H](O)CC3CCCC3)[C@H]2C1)N1CCOCC1. The second-order valence-corrected chi connectivity index (χ2v) is 10.3. The highest BCUT2D eigenvalue weighted by Gasteiger charge is 2.43. The highest BCUT2D eigenvalue weighted by atomic mass is 16.5. The van der Waals surface area contributed by atoms with Crippen molar-refractivity contribution in [3.8, 4) is 0 Å². The van der Waals surface area contributed by atoms with Crippen LogP contribution in [0.3, 0.4) is 0 Å². The topological polar surface area (TPSA) is 70.0 Å². The Kier molecular flexibility index (Phi) is 8.24. The van der Waals surface area contributed by atoms with Crippen LogP contribution in [0.15, 0.2) is 23.8 Å². The van der Waals surface area contributed by atoms with E-state index in [4.69, 9.17) is 4.74 Å². The first-order valence-electron chi connectivity index (χ1n) is 12.7. The van der Waals surface area contributed by atoms with Gasteiger partial charge in [-0.15, -0.1) is 0 Å². The zero-order valence-corrected chi connectivity index (χ0v) is 19.0. The molecule has 3 fully saturated rings. The molecule has 0 bridgehead atoms. The van der Waals surface area contributed by atoms with Crippen LogP contribution in [0.4, 0.5) is 0 Å². The van der Waals surface area contributed by atoms with Crippen LogP contribution in [0.2, 0.25) is 0 Å². The van der Waals surface area contributed by atoms with Gasteiger partial charge < -0.3 is 19.8 Å². The van der Waals surface area contributed by atoms with E-state index in [0.717, 1.165) is 51.6 Å². The molecule has 4 aliphatic rings. The van der Waals surface area contributed by atoms with E-state index in [1.54, 1.807) is 0 Å². The smallest absolute Gasteiger partial charge is 0.222 e. The van der Waals surface area contributed by atoms with E-state index < -0.39 is 0 Å². The van der Waals surface area contributed by atoms with Gasteiger partial charge in [0.1, 0.15) is 0 Å². The lowest BCUT2D eigenvalue weighted by Crippen LogP contribution is -2.40. The summed E-state index contributed by atoms with van der Waals surface area (Å²) < 4.78 is 5.32. The van der Waals surface area contributed by atoms with Gasteiger partial charge in [0, 0.05) is 25.4 Å². The minimum absolute atomic E-state index is 0.167. The fourth-order valence-corrected chi connectivity index (χ4v) is 6.31. The van der Waals surface area contributed by atoms with Crippen molar-refractivity contribution in [1.82, 2.24) is 4.90 Å². The van der Waals surface area contributed by atoms with Crippen molar-refractivity contribution in [3.63, 3.8) is 0 Å². The summed E-state index contributed by atoms with van der Waals surface area (Å²) in [5.74, 6) is 2.07. The van der Waals surface area contributed by atoms with Gasteiger partial charge in [0.2, 0.25) is 5.91 Å². The Labute approximate surface area is 187 Å². The van der Waals surface area contributed by atoms with E-state index in [0.29, 0.717) is 37.4 Å². The number of nitrogens with zero attached hydrogens (tertiary/aromatic N) is 1. The largest absolute Gasteiger partial charge is 0.392 e. The summed E-state index contributed by atoms with van der Waals surface area (Å²) in [6.45, 7) is 2.81. The molecule has 0 aromatic heterocycles. The molecule has 0 unspecified atom stereocenters. The normalized spacial score (nSPS) is 32.6. The summed E-state index contributed by atoms with van der Waals surface area (Å²) in [6, 6.07) is 0. The molecule has 2 saturated carbocycles. The lowest BCUT2D eigenvalue weighted by Gasteiger charge is -2.26. The lowest BCUT2D eigenvalue weighted by molar-refractivity contribution is -0.135. The zero-order valence-electron chi connectivity index (χ0n) is 19.0. The number of amides is 1. The maximum absolute atomic E-state index is 12.3. The van der Waals surface area contributed by atoms with Gasteiger partial charge in [-0.3, -0.25) is 4.79 Å². The van der Waals surface area contributed by atoms with Crippen molar-refractivity contribution in [3.05, 3.63) is 23.8 Å². The Morgan fingerprint density at radius 2 is 2.00 bits per heavy atom. The fraction of sp³-hybridized carbons (Fsp3) is 0.808. The standard InChI is InChI=1S/C26H41NO4/c28-22(16-19-5-1-2-6-19)9-10-23-24-17-20(15-21(24)18-25(23)29)7-3-4-8-26(30)27-11-13-31-14-12-27/h9-10,15,19,21-25,28-29H,1-8,11-14,16-18H2/t21-,22+,23+,24-,25+/m0/s1. The van der Waals surface area contributed by atoms with Gasteiger partial charge in [-0.1, -0.05) is 49.5 Å². The Morgan fingerprint density at radius 3 is 2.77 bits per heavy atom. The fourth-order valence-electron chi connectivity index (χ4n) is 6.31. The van der Waals surface area contributed by atoms with E-state index in [2.05, 4.69) is 12.2 Å². The molecular formula is C26H41NO4. The average Bonchev–Trinajstić information content (AvgIpc) is 3.47. The minimum atomic E-state index is -0.368. The first-order chi connectivity index (χ1) is 15.1. The Bertz CT molecular complexity index is 648. The van der Waals surface area contributed by atoms with Gasteiger partial charge in [0.05, 0.1) is 25.4 Å². The third-order valence-electron chi connectivity index (χ3n) is 8.06. The molecule has 174 valence electrons. The molecule has 0 radical (unpaired) electrons. The molecule has 3 aliphatic carbocycles. The number of carbonyl (C=O) groups is 1. The van der Waals surface area contributed by atoms with Crippen LogP contribution in [0.25, 0.3) is 0 Å². The summed E-state index contributed by atoms with van der Waals surface area (Å²) in [5, 5.41) is 21.0. The predicted molar refractivity (Wildman–Crippen MR) is 121 cm³/mol. The van der Waals surface area contributed by atoms with E-state index in [1.165, 1.54) is 31.3 Å². The molecule has 1 aliphatic heterocycles. The quantitative estimate of drug-likeness (QED) is 0.430. The molecule has 0 aromatic carbocycles. The van der Waals surface area contributed by atoms with E-state index >= 15 is 0 Å². The number of ether oxygens (including phenoxy) is 1. The number of carbonyl (C=O) groups excluding carboxylic acids is 1. The molecule has 1 saturated heterocycles. The number of morpholine rings is 1. The second-order valence-electron chi connectivity index (χ2n) is 10.3. The maximum Gasteiger partial charge on any atom is 0.222 e. The highest BCUT2D eigenvalue weighted by Crippen LogP contribution is 2.48. The maximum atomic E-state index is 12.3. The van der Waals surface area contributed by atoms with Crippen molar-refractivity contribution in [1.29, 1.82) is 0 Å². The minimum Gasteiger partial charge on any atom is -0.392 e. The zero-order chi connectivity index (χ0) is 21.6. The number of aliphatic hydroxyl groups is 2. The number of hydrogen-bond donors (Lipinski definition) is 2. The number of fused-ring (bicyclic) bond motifs is 1. The van der Waals surface area contributed by atoms with Crippen molar-refractivity contribution >= 4 is 5.91 Å². The first kappa shape index (κ1) is 23.0. The summed E-state index contributed by atoms with van der Waals surface area (Å²) in [7, 11) is 0. The summed E-state index contributed by atoms with van der Waals surface area (Å²) >= 11 is 0. The predicted octanol–water partition coefficient (Wildman–Crippen LogP) is 3.85. The van der Waals surface area contributed by atoms with Crippen LogP contribution in [0, 0.1) is 23.7 Å². The highest BCUT2D eigenvalue weighted by molar-refractivity contribution is 5.76. The molecule has 0 spiro atoms. The number of rotatable bonds is 9. The third kappa shape index (κ3) is 6.21. The van der Waals surface area contributed by atoms with Crippen LogP contribution in [-0.2, 0) is 9.53 Å². The molecular weight excluding hydrogens is 390 g/mol. The number of hydrogen-bond acceptors (Lipinski definition) is 4. The van der Waals surface area contributed by atoms with Crippen LogP contribution < -0.4 is 0 Å². The van der Waals surface area contributed by atoms with Gasteiger partial charge in [-0.25, -0.2) is 0 Å². The Morgan fingerprint density at radius 1 is 1.23 bits per heavy atom. The number of allylic oxidation sites excluding steroid dienone is 2. The Balaban J connectivity index is 1.18. The van der Waals surface area contributed by atoms with Gasteiger partial charge >= 0.3 is 0 Å². The van der Waals surface area contributed by atoms with E-state index in [-0.39, 0.29) is 24.0 Å². The van der Waals surface area contributed by atoms with Crippen LogP contribution >= 0.6 is 0 Å². The molecule has 1 amide bonds. The lowest BCUT2D eigenvalue weighted by atomic mass is 9.88. The number of aliphatic hydroxyl groups excluding tert-OH is 2. The molecule has 0 aromatic rings. The van der Waals surface area contributed by atoms with E-state index in [1.807, 2.05) is 11.0 Å². The van der Waals surface area contributed by atoms with Crippen molar-refractivity contribution in [2.45, 2.75) is 82.8 Å². The molecule has 4 rings (SSSR count). The average molecular weight is 432 g/mol. The summed E-state index contributed by atoms with van der Waals surface area (Å²) in [4.78, 5) is 14.2. The van der Waals surface area contributed by atoms with Gasteiger partial charge in [0.15, 0.2) is 0 Å². The molecule has 2 N–H and O–H groups in total. The molecule has 5 heteroatoms. The molecule has 5 nitrogen and oxygen atoms in total. The first-order valence-corrected chi connectivity index (χ1v) is 12.7. The van der Waals surface area contributed by atoms with Crippen LogP contribution in [0.1, 0.15) is 70.6 Å². The van der Waals surface area contributed by atoms with Crippen molar-refractivity contribution in [2.75, 3.05) is 26.3 Å². The monoisotopic (exact) mass is 431 g/mol. The second kappa shape index (κ2) is 11.1. The third-order valence-corrected chi connectivity index (χ3v) is 8.06. The van der Waals surface area contributed by atoms with E-state index in [9.17, 15) is 15.0 Å². The van der Waals surface area contributed by atoms with Gasteiger partial charge in [-0.2, -0.15) is 0 Å². The molecule has 1 heterocycles. The van der Waals surface area contributed by atoms with Crippen LogP contribution in [0.5, 0.6) is 0 Å². The number of unbranched alkanes of at least 4 members (excludes halogenated alkanes) is 1. The summed E-state index contributed by atoms with van der Waals surface area (Å²) in [6.07, 6.45) is 17.5. The van der Waals surface area contributed by atoms with Crippen molar-refractivity contribution < 1.29 is 19.7 Å². The molecule has 31 heavy (non-hydrogen) atoms. The van der Waals surface area contributed by atoms with Gasteiger partial charge in [0.25, 0.3) is 0 Å². The van der Waals surface area contributed by atoms with Crippen LogP contribution in [-0.4, -0.2) is 59.5 Å². The van der Waals surface area contributed by atoms with Crippen molar-refractivity contribution in [2.24, 2.45) is 23.7 Å².